The van der Waals surface area contributed by atoms with E-state index < -0.39 is 0 Å². The minimum absolute atomic E-state index is 0.0954. The highest BCUT2D eigenvalue weighted by Crippen LogP contribution is 2.55. The van der Waals surface area contributed by atoms with Crippen molar-refractivity contribution in [3.63, 3.8) is 0 Å². The van der Waals surface area contributed by atoms with Crippen molar-refractivity contribution in [2.75, 3.05) is 31.2 Å². The number of hydrogen-bond donors (Lipinski definition) is 2. The van der Waals surface area contributed by atoms with Crippen molar-refractivity contribution in [1.82, 2.24) is 25.0 Å². The Morgan fingerprint density at radius 3 is 2.41 bits per heavy atom. The Balaban J connectivity index is 1.77. The molecular formula is C14H20N6O2. The van der Waals surface area contributed by atoms with Crippen LogP contribution in [0.4, 0.5) is 5.82 Å². The second-order valence-electron chi connectivity index (χ2n) is 6.64. The van der Waals surface area contributed by atoms with Gasteiger partial charge in [0.1, 0.15) is 0 Å². The second kappa shape index (κ2) is 4.85. The van der Waals surface area contributed by atoms with E-state index in [9.17, 15) is 10.2 Å². The maximum atomic E-state index is 10.1. The molecular weight excluding hydrogens is 284 g/mol. The van der Waals surface area contributed by atoms with Gasteiger partial charge in [-0.2, -0.15) is 4.52 Å². The minimum atomic E-state index is -0.262. The van der Waals surface area contributed by atoms with Crippen molar-refractivity contribution in [1.29, 1.82) is 0 Å². The molecule has 2 aromatic heterocycles. The van der Waals surface area contributed by atoms with Gasteiger partial charge in [0.25, 0.3) is 0 Å². The number of anilines is 1. The Hall–Kier alpha value is -1.80. The molecule has 0 amide bonds. The van der Waals surface area contributed by atoms with Gasteiger partial charge in [-0.1, -0.05) is 12.8 Å². The van der Waals surface area contributed by atoms with Crippen LogP contribution < -0.4 is 4.90 Å². The number of aliphatic hydroxyl groups excluding tert-OH is 2. The van der Waals surface area contributed by atoms with E-state index in [0.717, 1.165) is 31.5 Å². The summed E-state index contributed by atoms with van der Waals surface area (Å²) in [5.41, 5.74) is 0.0894. The lowest BCUT2D eigenvalue weighted by molar-refractivity contribution is -0.0490. The molecule has 1 saturated heterocycles. The first kappa shape index (κ1) is 13.8. The predicted molar refractivity (Wildman–Crippen MR) is 78.3 cm³/mol. The van der Waals surface area contributed by atoms with E-state index in [1.54, 1.807) is 16.9 Å². The largest absolute Gasteiger partial charge is 0.396 e. The van der Waals surface area contributed by atoms with Crippen LogP contribution in [0.25, 0.3) is 5.65 Å². The number of aliphatic hydroxyl groups is 2. The summed E-state index contributed by atoms with van der Waals surface area (Å²) >= 11 is 0. The van der Waals surface area contributed by atoms with Crippen LogP contribution in [0.1, 0.15) is 25.7 Å². The number of rotatable bonds is 3. The van der Waals surface area contributed by atoms with Crippen molar-refractivity contribution >= 4 is 11.5 Å². The van der Waals surface area contributed by atoms with Crippen LogP contribution in [-0.2, 0) is 0 Å². The highest BCUT2D eigenvalue weighted by Gasteiger charge is 2.58. The lowest BCUT2D eigenvalue weighted by atomic mass is 9.58. The SMILES string of the molecule is OC[C@@]12CCCC[C@]1(CO)CN(c1nccn3nnnc13)C2. The van der Waals surface area contributed by atoms with Crippen molar-refractivity contribution in [2.24, 2.45) is 10.8 Å². The zero-order chi connectivity index (χ0) is 15.2. The maximum Gasteiger partial charge on any atom is 0.221 e. The van der Waals surface area contributed by atoms with E-state index in [2.05, 4.69) is 25.4 Å². The molecule has 8 nitrogen and oxygen atoms in total. The Morgan fingerprint density at radius 2 is 1.77 bits per heavy atom. The summed E-state index contributed by atoms with van der Waals surface area (Å²) in [5, 5.41) is 31.8. The quantitative estimate of drug-likeness (QED) is 0.815. The Kier molecular flexibility index (Phi) is 3.05. The molecule has 118 valence electrons. The van der Waals surface area contributed by atoms with Gasteiger partial charge >= 0.3 is 0 Å². The summed E-state index contributed by atoms with van der Waals surface area (Å²) in [5.74, 6) is 0.725. The summed E-state index contributed by atoms with van der Waals surface area (Å²) < 4.78 is 1.60. The van der Waals surface area contributed by atoms with Crippen LogP contribution in [0.3, 0.4) is 0 Å². The van der Waals surface area contributed by atoms with E-state index in [-0.39, 0.29) is 24.0 Å². The Labute approximate surface area is 127 Å². The van der Waals surface area contributed by atoms with Crippen LogP contribution in [-0.4, -0.2) is 61.5 Å². The van der Waals surface area contributed by atoms with Crippen LogP contribution in [0.5, 0.6) is 0 Å². The van der Waals surface area contributed by atoms with Crippen LogP contribution >= 0.6 is 0 Å². The first-order chi connectivity index (χ1) is 10.7. The zero-order valence-electron chi connectivity index (χ0n) is 12.4. The third-order valence-corrected chi connectivity index (χ3v) is 5.68. The normalized spacial score (nSPS) is 31.6. The Bertz CT molecular complexity index is 669. The molecule has 1 saturated carbocycles. The van der Waals surface area contributed by atoms with Crippen molar-refractivity contribution < 1.29 is 10.2 Å². The number of tetrazole rings is 1. The van der Waals surface area contributed by atoms with Gasteiger partial charge in [-0.25, -0.2) is 4.98 Å². The van der Waals surface area contributed by atoms with Gasteiger partial charge in [-0.15, -0.1) is 5.10 Å². The molecule has 0 radical (unpaired) electrons. The molecule has 2 atom stereocenters. The van der Waals surface area contributed by atoms with E-state index in [4.69, 9.17) is 0 Å². The first-order valence-electron chi connectivity index (χ1n) is 7.73. The lowest BCUT2D eigenvalue weighted by Gasteiger charge is -2.46. The molecule has 2 aromatic rings. The van der Waals surface area contributed by atoms with Crippen molar-refractivity contribution in [2.45, 2.75) is 25.7 Å². The van der Waals surface area contributed by atoms with Gasteiger partial charge in [0, 0.05) is 30.1 Å². The fourth-order valence-corrected chi connectivity index (χ4v) is 4.37. The average Bonchev–Trinajstić information content (AvgIpc) is 3.17. The smallest absolute Gasteiger partial charge is 0.221 e. The predicted octanol–water partition coefficient (Wildman–Crippen LogP) is -0.129. The highest BCUT2D eigenvalue weighted by molar-refractivity contribution is 5.63. The van der Waals surface area contributed by atoms with Gasteiger partial charge in [-0.05, 0) is 23.3 Å². The van der Waals surface area contributed by atoms with E-state index >= 15 is 0 Å². The van der Waals surface area contributed by atoms with Crippen LogP contribution in [0, 0.1) is 10.8 Å². The van der Waals surface area contributed by atoms with Gasteiger partial charge < -0.3 is 15.1 Å². The summed E-state index contributed by atoms with van der Waals surface area (Å²) in [6.45, 7) is 1.56. The fraction of sp³-hybridized carbons (Fsp3) is 0.714. The molecule has 1 aliphatic carbocycles. The number of nitrogens with zero attached hydrogens (tertiary/aromatic N) is 6. The number of hydrogen-bond acceptors (Lipinski definition) is 7. The monoisotopic (exact) mass is 304 g/mol. The molecule has 2 fully saturated rings. The van der Waals surface area contributed by atoms with Gasteiger partial charge in [0.2, 0.25) is 5.65 Å². The third kappa shape index (κ3) is 1.70. The van der Waals surface area contributed by atoms with Gasteiger partial charge in [-0.3, -0.25) is 0 Å². The molecule has 0 spiro atoms. The molecule has 8 heteroatoms. The molecule has 0 bridgehead atoms. The fourth-order valence-electron chi connectivity index (χ4n) is 4.37. The van der Waals surface area contributed by atoms with Gasteiger partial charge in [0.05, 0.1) is 19.4 Å². The zero-order valence-corrected chi connectivity index (χ0v) is 12.4. The molecule has 1 aliphatic heterocycles. The molecule has 2 N–H and O–H groups in total. The third-order valence-electron chi connectivity index (χ3n) is 5.68. The van der Waals surface area contributed by atoms with E-state index in [0.29, 0.717) is 18.7 Å². The van der Waals surface area contributed by atoms with Crippen molar-refractivity contribution in [3.05, 3.63) is 12.4 Å². The topological polar surface area (TPSA) is 99.7 Å². The molecule has 2 aliphatic rings. The highest BCUT2D eigenvalue weighted by atomic mass is 16.3. The molecule has 3 heterocycles. The first-order valence-corrected chi connectivity index (χ1v) is 7.73. The van der Waals surface area contributed by atoms with Crippen molar-refractivity contribution in [3.8, 4) is 0 Å². The number of aromatic nitrogens is 5. The standard InChI is InChI=1S/C14H20N6O2/c21-9-13-3-1-2-4-14(13,10-22)8-19(7-13)11-12-16-17-18-20(12)6-5-15-11/h5-6,21-22H,1-4,7-10H2/t13-,14+. The second-order valence-corrected chi connectivity index (χ2v) is 6.64. The average molecular weight is 304 g/mol. The molecule has 4 rings (SSSR count). The molecule has 0 unspecified atom stereocenters. The molecule has 0 aromatic carbocycles. The summed E-state index contributed by atoms with van der Waals surface area (Å²) in [4.78, 5) is 6.58. The van der Waals surface area contributed by atoms with E-state index in [1.165, 1.54) is 0 Å². The summed E-state index contributed by atoms with van der Waals surface area (Å²) in [6.07, 6.45) is 7.47. The molecule has 22 heavy (non-hydrogen) atoms. The maximum absolute atomic E-state index is 10.1. The Morgan fingerprint density at radius 1 is 1.09 bits per heavy atom. The van der Waals surface area contributed by atoms with Crippen LogP contribution in [0.2, 0.25) is 0 Å². The van der Waals surface area contributed by atoms with Crippen LogP contribution in [0.15, 0.2) is 12.4 Å². The minimum Gasteiger partial charge on any atom is -0.396 e. The van der Waals surface area contributed by atoms with Gasteiger partial charge in [0.15, 0.2) is 5.82 Å². The number of fused-ring (bicyclic) bond motifs is 2. The summed E-state index contributed by atoms with van der Waals surface area (Å²) in [7, 11) is 0. The summed E-state index contributed by atoms with van der Waals surface area (Å²) in [6, 6.07) is 0. The van der Waals surface area contributed by atoms with E-state index in [1.807, 2.05) is 0 Å². The lowest BCUT2D eigenvalue weighted by Crippen LogP contribution is -2.48.